The van der Waals surface area contributed by atoms with Crippen LogP contribution < -0.4 is 0 Å². The second-order valence-electron chi connectivity index (χ2n) is 11.0. The predicted octanol–water partition coefficient (Wildman–Crippen LogP) is 5.39. The van der Waals surface area contributed by atoms with Crippen LogP contribution in [0.1, 0.15) is 66.9 Å². The Hall–Kier alpha value is -1.39. The van der Waals surface area contributed by atoms with Crippen molar-refractivity contribution in [1.29, 1.82) is 0 Å². The Bertz CT molecular complexity index is 775. The Labute approximate surface area is 181 Å². The number of carbonyl (C=O) groups is 1. The van der Waals surface area contributed by atoms with Crippen molar-refractivity contribution in [1.82, 2.24) is 0 Å². The predicted molar refractivity (Wildman–Crippen MR) is 117 cm³/mol. The van der Waals surface area contributed by atoms with E-state index in [1.165, 1.54) is 0 Å². The highest BCUT2D eigenvalue weighted by molar-refractivity contribution is 5.73. The van der Waals surface area contributed by atoms with Crippen molar-refractivity contribution in [3.8, 4) is 0 Å². The van der Waals surface area contributed by atoms with E-state index in [4.69, 9.17) is 14.2 Å². The molecule has 30 heavy (non-hydrogen) atoms. The zero-order valence-corrected chi connectivity index (χ0v) is 19.6. The van der Waals surface area contributed by atoms with Crippen molar-refractivity contribution in [3.05, 3.63) is 35.9 Å². The van der Waals surface area contributed by atoms with Crippen LogP contribution in [0, 0.1) is 28.6 Å². The number of hydrogen-bond acceptors (Lipinski definition) is 4. The lowest BCUT2D eigenvalue weighted by Gasteiger charge is -2.43. The van der Waals surface area contributed by atoms with Gasteiger partial charge in [0.2, 0.25) is 5.79 Å². The highest BCUT2D eigenvalue weighted by atomic mass is 16.8. The molecule has 3 fully saturated rings. The zero-order valence-electron chi connectivity index (χ0n) is 19.6. The number of carbonyl (C=O) groups excluding carboxylic acids is 1. The molecule has 0 aromatic heterocycles. The van der Waals surface area contributed by atoms with Gasteiger partial charge in [0.25, 0.3) is 0 Å². The Morgan fingerprint density at radius 3 is 2.27 bits per heavy atom. The molecule has 4 rings (SSSR count). The monoisotopic (exact) mass is 414 g/mol. The van der Waals surface area contributed by atoms with Crippen LogP contribution in [-0.2, 0) is 25.4 Å². The molecule has 1 heterocycles. The van der Waals surface area contributed by atoms with E-state index in [1.807, 2.05) is 18.2 Å². The van der Waals surface area contributed by atoms with E-state index >= 15 is 0 Å². The van der Waals surface area contributed by atoms with Crippen LogP contribution in [0.4, 0.5) is 0 Å². The first-order valence-corrected chi connectivity index (χ1v) is 11.6. The second kappa shape index (κ2) is 7.34. The number of esters is 1. The van der Waals surface area contributed by atoms with Gasteiger partial charge < -0.3 is 14.2 Å². The minimum absolute atomic E-state index is 0.00448. The second-order valence-corrected chi connectivity index (χ2v) is 11.0. The van der Waals surface area contributed by atoms with Gasteiger partial charge in [0, 0.05) is 11.3 Å². The molecule has 1 saturated heterocycles. The average Bonchev–Trinajstić information content (AvgIpc) is 3.14. The molecule has 0 radical (unpaired) electrons. The SMILES string of the molecule is CC(C)C(Cc1ccccc1)C(=O)O[C@@H]1C2(O[C@@H](C)[C@@H](C)O2)[C@H]2CC[C@]1(C)C2(C)C. The van der Waals surface area contributed by atoms with Crippen molar-refractivity contribution in [3.63, 3.8) is 0 Å². The zero-order chi connectivity index (χ0) is 21.9. The van der Waals surface area contributed by atoms with E-state index in [2.05, 4.69) is 60.6 Å². The smallest absolute Gasteiger partial charge is 0.310 e. The summed E-state index contributed by atoms with van der Waals surface area (Å²) in [6.07, 6.45) is 2.38. The van der Waals surface area contributed by atoms with Crippen LogP contribution in [-0.4, -0.2) is 30.1 Å². The summed E-state index contributed by atoms with van der Waals surface area (Å²) in [5, 5.41) is 0. The molecule has 2 aliphatic carbocycles. The highest BCUT2D eigenvalue weighted by Gasteiger charge is 2.78. The maximum absolute atomic E-state index is 13.5. The molecule has 7 atom stereocenters. The van der Waals surface area contributed by atoms with E-state index in [0.717, 1.165) is 18.4 Å². The first-order valence-electron chi connectivity index (χ1n) is 11.6. The first kappa shape index (κ1) is 21.8. The van der Waals surface area contributed by atoms with Gasteiger partial charge >= 0.3 is 5.97 Å². The van der Waals surface area contributed by atoms with Gasteiger partial charge in [-0.3, -0.25) is 4.79 Å². The van der Waals surface area contributed by atoms with E-state index < -0.39 is 5.79 Å². The molecule has 2 unspecified atom stereocenters. The van der Waals surface area contributed by atoms with E-state index in [0.29, 0.717) is 6.42 Å². The summed E-state index contributed by atoms with van der Waals surface area (Å²) in [7, 11) is 0. The van der Waals surface area contributed by atoms with Gasteiger partial charge in [-0.1, -0.05) is 65.0 Å². The number of benzene rings is 1. The van der Waals surface area contributed by atoms with Crippen LogP contribution in [0.2, 0.25) is 0 Å². The maximum atomic E-state index is 13.5. The van der Waals surface area contributed by atoms with Crippen molar-refractivity contribution in [2.75, 3.05) is 0 Å². The summed E-state index contributed by atoms with van der Waals surface area (Å²) >= 11 is 0. The molecule has 0 amide bonds. The van der Waals surface area contributed by atoms with Gasteiger partial charge in [0.05, 0.1) is 18.1 Å². The van der Waals surface area contributed by atoms with E-state index in [-0.39, 0.29) is 52.9 Å². The molecule has 0 N–H and O–H groups in total. The molecule has 4 heteroatoms. The summed E-state index contributed by atoms with van der Waals surface area (Å²) < 4.78 is 19.5. The molecule has 166 valence electrons. The van der Waals surface area contributed by atoms with Gasteiger partial charge in [0.1, 0.15) is 0 Å². The minimum atomic E-state index is -0.820. The Morgan fingerprint density at radius 2 is 1.70 bits per heavy atom. The van der Waals surface area contributed by atoms with E-state index in [9.17, 15) is 4.79 Å². The van der Waals surface area contributed by atoms with Gasteiger partial charge in [-0.15, -0.1) is 0 Å². The topological polar surface area (TPSA) is 44.8 Å². The molecule has 1 aliphatic heterocycles. The lowest BCUT2D eigenvalue weighted by Crippen LogP contribution is -2.54. The molecule has 2 bridgehead atoms. The average molecular weight is 415 g/mol. The number of ether oxygens (including phenoxy) is 3. The first-order chi connectivity index (χ1) is 14.0. The van der Waals surface area contributed by atoms with Crippen LogP contribution in [0.5, 0.6) is 0 Å². The lowest BCUT2D eigenvalue weighted by molar-refractivity contribution is -0.272. The third-order valence-electron chi connectivity index (χ3n) is 8.77. The Kier molecular flexibility index (Phi) is 5.34. The standard InChI is InChI=1S/C26H38O4/c1-16(2)20(15-19-11-9-8-10-12-19)22(27)28-23-25(7)14-13-21(24(25,5)6)26(23)29-17(3)18(4)30-26/h8-12,16-18,20-21,23H,13-15H2,1-7H3/t17-,18+,20?,21-,23-,25-,26?/m0/s1. The summed E-state index contributed by atoms with van der Waals surface area (Å²) in [5.74, 6) is -0.712. The fourth-order valence-electron chi connectivity index (χ4n) is 6.29. The van der Waals surface area contributed by atoms with Gasteiger partial charge in [0.15, 0.2) is 6.10 Å². The van der Waals surface area contributed by atoms with Crippen LogP contribution in [0.15, 0.2) is 30.3 Å². The summed E-state index contributed by atoms with van der Waals surface area (Å²) in [6.45, 7) is 15.2. The van der Waals surface area contributed by atoms with Crippen molar-refractivity contribution in [2.45, 2.75) is 91.8 Å². The fraction of sp³-hybridized carbons (Fsp3) is 0.731. The molecule has 4 nitrogen and oxygen atoms in total. The number of fused-ring (bicyclic) bond motifs is 3. The third-order valence-corrected chi connectivity index (χ3v) is 8.77. The van der Waals surface area contributed by atoms with Gasteiger partial charge in [-0.2, -0.15) is 0 Å². The summed E-state index contributed by atoms with van der Waals surface area (Å²) in [5.41, 5.74) is 0.984. The summed E-state index contributed by atoms with van der Waals surface area (Å²) in [4.78, 5) is 13.5. The molecular weight excluding hydrogens is 376 g/mol. The largest absolute Gasteiger partial charge is 0.456 e. The lowest BCUT2D eigenvalue weighted by atomic mass is 9.70. The summed E-state index contributed by atoms with van der Waals surface area (Å²) in [6, 6.07) is 10.2. The minimum Gasteiger partial charge on any atom is -0.456 e. The van der Waals surface area contributed by atoms with E-state index in [1.54, 1.807) is 0 Å². The molecule has 2 saturated carbocycles. The van der Waals surface area contributed by atoms with Crippen LogP contribution >= 0.6 is 0 Å². The van der Waals surface area contributed by atoms with Gasteiger partial charge in [-0.05, 0) is 50.0 Å². The molecule has 3 aliphatic rings. The molecular formula is C26H38O4. The Balaban J connectivity index is 1.63. The van der Waals surface area contributed by atoms with Gasteiger partial charge in [-0.25, -0.2) is 0 Å². The Morgan fingerprint density at radius 1 is 1.10 bits per heavy atom. The number of rotatable bonds is 5. The third kappa shape index (κ3) is 3.05. The molecule has 1 spiro atoms. The van der Waals surface area contributed by atoms with Crippen molar-refractivity contribution >= 4 is 5.97 Å². The molecule has 1 aromatic carbocycles. The van der Waals surface area contributed by atoms with Crippen LogP contribution in [0.3, 0.4) is 0 Å². The highest BCUT2D eigenvalue weighted by Crippen LogP contribution is 2.72. The van der Waals surface area contributed by atoms with Crippen molar-refractivity contribution in [2.24, 2.45) is 28.6 Å². The quantitative estimate of drug-likeness (QED) is 0.606. The van der Waals surface area contributed by atoms with Crippen molar-refractivity contribution < 1.29 is 19.0 Å². The maximum Gasteiger partial charge on any atom is 0.310 e. The van der Waals surface area contributed by atoms with Crippen LogP contribution in [0.25, 0.3) is 0 Å². The fourth-order valence-corrected chi connectivity index (χ4v) is 6.29. The normalized spacial score (nSPS) is 40.3. The number of hydrogen-bond donors (Lipinski definition) is 0. The molecule has 1 aromatic rings.